The predicted molar refractivity (Wildman–Crippen MR) is 82.2 cm³/mol. The molecule has 3 rings (SSSR count). The van der Waals surface area contributed by atoms with Gasteiger partial charge in [-0.25, -0.2) is 0 Å². The van der Waals surface area contributed by atoms with Gasteiger partial charge in [0.15, 0.2) is 0 Å². The Balaban J connectivity index is 1.77. The van der Waals surface area contributed by atoms with Crippen LogP contribution in [-0.4, -0.2) is 18.3 Å². The zero-order valence-corrected chi connectivity index (χ0v) is 12.8. The molecule has 0 aliphatic heterocycles. The van der Waals surface area contributed by atoms with Gasteiger partial charge >= 0.3 is 0 Å². The second-order valence-electron chi connectivity index (χ2n) is 5.13. The molecule has 2 aromatic heterocycles. The lowest BCUT2D eigenvalue weighted by Crippen LogP contribution is -2.30. The van der Waals surface area contributed by atoms with Crippen LogP contribution in [-0.2, 0) is 0 Å². The number of thiophene rings is 2. The summed E-state index contributed by atoms with van der Waals surface area (Å²) >= 11 is 9.42. The Bertz CT molecular complexity index is 533. The van der Waals surface area contributed by atoms with Crippen molar-refractivity contribution in [3.8, 4) is 0 Å². The Labute approximate surface area is 126 Å². The van der Waals surface area contributed by atoms with Crippen molar-refractivity contribution in [2.75, 3.05) is 13.2 Å². The molecule has 1 fully saturated rings. The third-order valence-corrected chi connectivity index (χ3v) is 5.91. The Kier molecular flexibility index (Phi) is 3.96. The van der Waals surface area contributed by atoms with Crippen molar-refractivity contribution in [3.63, 3.8) is 0 Å². The van der Waals surface area contributed by atoms with Crippen LogP contribution in [0.2, 0.25) is 4.34 Å². The van der Waals surface area contributed by atoms with Crippen LogP contribution in [0.3, 0.4) is 0 Å². The number of nitrogens with one attached hydrogen (secondary N) is 1. The van der Waals surface area contributed by atoms with Crippen LogP contribution < -0.4 is 5.32 Å². The Morgan fingerprint density at radius 1 is 1.32 bits per heavy atom. The number of rotatable bonds is 6. The minimum Gasteiger partial charge on any atom is -0.396 e. The monoisotopic (exact) mass is 313 g/mol. The summed E-state index contributed by atoms with van der Waals surface area (Å²) < 4.78 is 0.821. The molecule has 1 saturated carbocycles. The SMILES string of the molecule is OCC1(CNC(c2cccs2)c2ccc(Cl)s2)CC1. The summed E-state index contributed by atoms with van der Waals surface area (Å²) in [5.41, 5.74) is 0.122. The number of aliphatic hydroxyl groups is 1. The summed E-state index contributed by atoms with van der Waals surface area (Å²) in [5.74, 6) is 0. The highest BCUT2D eigenvalue weighted by atomic mass is 35.5. The van der Waals surface area contributed by atoms with E-state index < -0.39 is 0 Å². The number of hydrogen-bond donors (Lipinski definition) is 2. The predicted octanol–water partition coefficient (Wildman–Crippen LogP) is 3.91. The molecule has 1 atom stereocenters. The fourth-order valence-corrected chi connectivity index (χ4v) is 4.21. The molecule has 0 radical (unpaired) electrons. The van der Waals surface area contributed by atoms with Gasteiger partial charge in [-0.2, -0.15) is 0 Å². The van der Waals surface area contributed by atoms with Crippen LogP contribution in [0.1, 0.15) is 28.6 Å². The van der Waals surface area contributed by atoms with Crippen molar-refractivity contribution in [2.45, 2.75) is 18.9 Å². The van der Waals surface area contributed by atoms with Crippen molar-refractivity contribution >= 4 is 34.3 Å². The van der Waals surface area contributed by atoms with Crippen molar-refractivity contribution in [3.05, 3.63) is 43.7 Å². The van der Waals surface area contributed by atoms with Crippen molar-refractivity contribution < 1.29 is 5.11 Å². The molecule has 0 amide bonds. The quantitative estimate of drug-likeness (QED) is 0.847. The van der Waals surface area contributed by atoms with E-state index in [-0.39, 0.29) is 18.1 Å². The third kappa shape index (κ3) is 3.03. The topological polar surface area (TPSA) is 32.3 Å². The lowest BCUT2D eigenvalue weighted by Gasteiger charge is -2.20. The van der Waals surface area contributed by atoms with Crippen LogP contribution in [0.4, 0.5) is 0 Å². The molecule has 19 heavy (non-hydrogen) atoms. The van der Waals surface area contributed by atoms with E-state index in [2.05, 4.69) is 28.9 Å². The van der Waals surface area contributed by atoms with Crippen LogP contribution in [0.5, 0.6) is 0 Å². The highest BCUT2D eigenvalue weighted by Crippen LogP contribution is 2.45. The molecule has 0 bridgehead atoms. The van der Waals surface area contributed by atoms with E-state index in [0.717, 1.165) is 23.7 Å². The molecule has 1 aliphatic carbocycles. The van der Waals surface area contributed by atoms with E-state index in [1.807, 2.05) is 6.07 Å². The van der Waals surface area contributed by atoms with E-state index >= 15 is 0 Å². The van der Waals surface area contributed by atoms with Gasteiger partial charge in [-0.1, -0.05) is 17.7 Å². The van der Waals surface area contributed by atoms with Crippen LogP contribution in [0.15, 0.2) is 29.6 Å². The average molecular weight is 314 g/mol. The van der Waals surface area contributed by atoms with Gasteiger partial charge in [0.05, 0.1) is 10.4 Å². The molecule has 2 N–H and O–H groups in total. The maximum Gasteiger partial charge on any atom is 0.0931 e. The fourth-order valence-electron chi connectivity index (χ4n) is 2.17. The van der Waals surface area contributed by atoms with E-state index in [9.17, 15) is 5.11 Å². The molecular weight excluding hydrogens is 298 g/mol. The molecule has 1 aliphatic rings. The molecular formula is C14H16ClNOS2. The Morgan fingerprint density at radius 2 is 2.16 bits per heavy atom. The average Bonchev–Trinajstić information content (AvgIpc) is 2.80. The molecule has 2 heterocycles. The van der Waals surface area contributed by atoms with E-state index in [4.69, 9.17) is 11.6 Å². The lowest BCUT2D eigenvalue weighted by atomic mass is 10.1. The number of hydrogen-bond acceptors (Lipinski definition) is 4. The largest absolute Gasteiger partial charge is 0.396 e. The summed E-state index contributed by atoms with van der Waals surface area (Å²) in [6, 6.07) is 8.45. The van der Waals surface area contributed by atoms with Gasteiger partial charge < -0.3 is 10.4 Å². The molecule has 5 heteroatoms. The van der Waals surface area contributed by atoms with Gasteiger partial charge in [0.1, 0.15) is 0 Å². The van der Waals surface area contributed by atoms with Gasteiger partial charge in [-0.3, -0.25) is 0 Å². The first-order valence-corrected chi connectivity index (χ1v) is 8.43. The van der Waals surface area contributed by atoms with Gasteiger partial charge in [0.25, 0.3) is 0 Å². The normalized spacial score (nSPS) is 18.4. The van der Waals surface area contributed by atoms with Gasteiger partial charge in [0, 0.05) is 28.3 Å². The minimum absolute atomic E-state index is 0.122. The van der Waals surface area contributed by atoms with E-state index in [1.165, 1.54) is 9.75 Å². The maximum absolute atomic E-state index is 9.42. The maximum atomic E-state index is 9.42. The van der Waals surface area contributed by atoms with Crippen LogP contribution in [0, 0.1) is 5.41 Å². The first-order chi connectivity index (χ1) is 9.22. The highest BCUT2D eigenvalue weighted by Gasteiger charge is 2.42. The van der Waals surface area contributed by atoms with Crippen molar-refractivity contribution in [1.82, 2.24) is 5.32 Å². The van der Waals surface area contributed by atoms with Gasteiger partial charge in [0.2, 0.25) is 0 Å². The molecule has 2 nitrogen and oxygen atoms in total. The van der Waals surface area contributed by atoms with Gasteiger partial charge in [-0.15, -0.1) is 22.7 Å². The summed E-state index contributed by atoms with van der Waals surface area (Å²) in [6.07, 6.45) is 2.25. The van der Waals surface area contributed by atoms with Crippen LogP contribution >= 0.6 is 34.3 Å². The Morgan fingerprint density at radius 3 is 2.68 bits per heavy atom. The summed E-state index contributed by atoms with van der Waals surface area (Å²) in [6.45, 7) is 1.14. The number of halogens is 1. The highest BCUT2D eigenvalue weighted by molar-refractivity contribution is 7.16. The lowest BCUT2D eigenvalue weighted by molar-refractivity contribution is 0.206. The molecule has 2 aromatic rings. The molecule has 0 saturated heterocycles. The minimum atomic E-state index is 0.122. The van der Waals surface area contributed by atoms with Gasteiger partial charge in [-0.05, 0) is 36.4 Å². The molecule has 1 unspecified atom stereocenters. The van der Waals surface area contributed by atoms with Crippen molar-refractivity contribution in [2.24, 2.45) is 5.41 Å². The second-order valence-corrected chi connectivity index (χ2v) is 7.86. The fraction of sp³-hybridized carbons (Fsp3) is 0.429. The van der Waals surface area contributed by atoms with E-state index in [1.54, 1.807) is 22.7 Å². The molecule has 0 aromatic carbocycles. The first kappa shape index (κ1) is 13.6. The standard InChI is InChI=1S/C14H16ClNOS2/c15-12-4-3-11(19-12)13(10-2-1-7-18-10)16-8-14(9-17)5-6-14/h1-4,7,13,16-17H,5-6,8-9H2. The van der Waals surface area contributed by atoms with Crippen LogP contribution in [0.25, 0.3) is 0 Å². The summed E-state index contributed by atoms with van der Waals surface area (Å²) in [5, 5.41) is 15.1. The number of aliphatic hydroxyl groups excluding tert-OH is 1. The van der Waals surface area contributed by atoms with Crippen molar-refractivity contribution in [1.29, 1.82) is 0 Å². The zero-order valence-electron chi connectivity index (χ0n) is 10.4. The van der Waals surface area contributed by atoms with E-state index in [0.29, 0.717) is 0 Å². The molecule has 0 spiro atoms. The summed E-state index contributed by atoms with van der Waals surface area (Å²) in [7, 11) is 0. The molecule has 102 valence electrons. The Hall–Kier alpha value is -0.390. The first-order valence-electron chi connectivity index (χ1n) is 6.35. The second kappa shape index (κ2) is 5.54. The zero-order chi connectivity index (χ0) is 13.3. The smallest absolute Gasteiger partial charge is 0.0931 e. The third-order valence-electron chi connectivity index (χ3n) is 3.68. The summed E-state index contributed by atoms with van der Waals surface area (Å²) in [4.78, 5) is 2.54.